The molecule has 0 bridgehead atoms. The quantitative estimate of drug-likeness (QED) is 0.755. The second-order valence-electron chi connectivity index (χ2n) is 6.96. The molecular formula is C21H22N4O3. The molecule has 1 N–H and O–H groups in total. The number of rotatable bonds is 4. The summed E-state index contributed by atoms with van der Waals surface area (Å²) in [6, 6.07) is 11.3. The van der Waals surface area contributed by atoms with Crippen molar-refractivity contribution < 1.29 is 14.0 Å². The van der Waals surface area contributed by atoms with Crippen molar-refractivity contribution in [1.29, 1.82) is 0 Å². The molecule has 7 nitrogen and oxygen atoms in total. The van der Waals surface area contributed by atoms with Gasteiger partial charge in [0.2, 0.25) is 5.91 Å². The number of furan rings is 1. The zero-order valence-corrected chi connectivity index (χ0v) is 15.7. The monoisotopic (exact) mass is 378 g/mol. The van der Waals surface area contributed by atoms with E-state index in [4.69, 9.17) is 4.42 Å². The Bertz CT molecular complexity index is 992. The number of nitrogens with one attached hydrogen (secondary N) is 1. The summed E-state index contributed by atoms with van der Waals surface area (Å²) < 4.78 is 4.98. The number of aryl methyl sites for hydroxylation is 1. The van der Waals surface area contributed by atoms with Gasteiger partial charge in [-0.05, 0) is 25.1 Å². The minimum absolute atomic E-state index is 0.0309. The maximum absolute atomic E-state index is 12.6. The van der Waals surface area contributed by atoms with E-state index in [0.717, 1.165) is 22.3 Å². The van der Waals surface area contributed by atoms with E-state index in [0.29, 0.717) is 38.3 Å². The Hall–Kier alpha value is -3.19. The first-order chi connectivity index (χ1) is 13.6. The SMILES string of the molecule is Cc1cc(NC(=O)CN2CCN(C(=O)c3ccoc3)CC2)c2ccccc2n1. The molecule has 1 saturated heterocycles. The first-order valence-electron chi connectivity index (χ1n) is 9.30. The molecule has 1 fully saturated rings. The number of carbonyl (C=O) groups excluding carboxylic acids is 2. The standard InChI is InChI=1S/C21H22N4O3/c1-15-12-19(17-4-2-3-5-18(17)22-15)23-20(26)13-24-7-9-25(10-8-24)21(27)16-6-11-28-14-16/h2-6,11-12,14H,7-10,13H2,1H3,(H,22,23,26). The maximum Gasteiger partial charge on any atom is 0.257 e. The molecular weight excluding hydrogens is 356 g/mol. The number of amides is 2. The highest BCUT2D eigenvalue weighted by molar-refractivity contribution is 6.01. The third kappa shape index (κ3) is 3.89. The van der Waals surface area contributed by atoms with Crippen molar-refractivity contribution >= 4 is 28.4 Å². The number of carbonyl (C=O) groups is 2. The summed E-state index contributed by atoms with van der Waals surface area (Å²) in [4.78, 5) is 33.3. The highest BCUT2D eigenvalue weighted by atomic mass is 16.3. The average Bonchev–Trinajstić information content (AvgIpc) is 3.22. The van der Waals surface area contributed by atoms with Crippen molar-refractivity contribution in [1.82, 2.24) is 14.8 Å². The van der Waals surface area contributed by atoms with Crippen molar-refractivity contribution in [2.24, 2.45) is 0 Å². The van der Waals surface area contributed by atoms with E-state index < -0.39 is 0 Å². The van der Waals surface area contributed by atoms with Gasteiger partial charge in [-0.3, -0.25) is 19.5 Å². The van der Waals surface area contributed by atoms with Gasteiger partial charge in [0.1, 0.15) is 6.26 Å². The smallest absolute Gasteiger partial charge is 0.257 e. The maximum atomic E-state index is 12.6. The minimum atomic E-state index is -0.0645. The zero-order chi connectivity index (χ0) is 19.5. The molecule has 0 atom stereocenters. The molecule has 4 rings (SSSR count). The number of aromatic nitrogens is 1. The topological polar surface area (TPSA) is 78.7 Å². The van der Waals surface area contributed by atoms with Gasteiger partial charge in [-0.15, -0.1) is 0 Å². The Labute approximate surface area is 162 Å². The number of hydrogen-bond donors (Lipinski definition) is 1. The van der Waals surface area contributed by atoms with E-state index in [2.05, 4.69) is 15.2 Å². The number of para-hydroxylation sites is 1. The van der Waals surface area contributed by atoms with Crippen molar-refractivity contribution in [3.05, 3.63) is 60.2 Å². The summed E-state index contributed by atoms with van der Waals surface area (Å²) in [6.45, 7) is 4.71. The van der Waals surface area contributed by atoms with Crippen LogP contribution in [0.1, 0.15) is 16.1 Å². The van der Waals surface area contributed by atoms with Gasteiger partial charge in [0.05, 0.1) is 29.6 Å². The highest BCUT2D eigenvalue weighted by Crippen LogP contribution is 2.23. The largest absolute Gasteiger partial charge is 0.472 e. The summed E-state index contributed by atoms with van der Waals surface area (Å²) in [7, 11) is 0. The summed E-state index contributed by atoms with van der Waals surface area (Å²) in [5.41, 5.74) is 3.07. The minimum Gasteiger partial charge on any atom is -0.472 e. The Morgan fingerprint density at radius 3 is 2.68 bits per heavy atom. The predicted molar refractivity (Wildman–Crippen MR) is 106 cm³/mol. The number of benzene rings is 1. The molecule has 0 spiro atoms. The Kier molecular flexibility index (Phi) is 5.08. The summed E-state index contributed by atoms with van der Waals surface area (Å²) >= 11 is 0. The van der Waals surface area contributed by atoms with Gasteiger partial charge in [-0.1, -0.05) is 18.2 Å². The fourth-order valence-corrected chi connectivity index (χ4v) is 3.48. The second kappa shape index (κ2) is 7.82. The Morgan fingerprint density at radius 2 is 1.93 bits per heavy atom. The van der Waals surface area contributed by atoms with Crippen LogP contribution in [-0.4, -0.2) is 59.3 Å². The van der Waals surface area contributed by atoms with Gasteiger partial charge in [0.25, 0.3) is 5.91 Å². The number of piperazine rings is 1. The van der Waals surface area contributed by atoms with E-state index in [1.807, 2.05) is 37.3 Å². The lowest BCUT2D eigenvalue weighted by Gasteiger charge is -2.34. The van der Waals surface area contributed by atoms with E-state index in [1.54, 1.807) is 11.0 Å². The lowest BCUT2D eigenvalue weighted by Crippen LogP contribution is -2.50. The summed E-state index contributed by atoms with van der Waals surface area (Å²) in [5.74, 6) is -0.0954. The van der Waals surface area contributed by atoms with Crippen LogP contribution in [0, 0.1) is 6.92 Å². The molecule has 7 heteroatoms. The normalized spacial score (nSPS) is 15.0. The molecule has 1 aliphatic heterocycles. The molecule has 0 aliphatic carbocycles. The summed E-state index contributed by atoms with van der Waals surface area (Å²) in [6.07, 6.45) is 2.96. The zero-order valence-electron chi connectivity index (χ0n) is 15.7. The molecule has 0 saturated carbocycles. The van der Waals surface area contributed by atoms with Crippen molar-refractivity contribution in [2.75, 3.05) is 38.0 Å². The van der Waals surface area contributed by atoms with Gasteiger partial charge in [0.15, 0.2) is 0 Å². The van der Waals surface area contributed by atoms with E-state index in [9.17, 15) is 9.59 Å². The molecule has 3 heterocycles. The third-order valence-electron chi connectivity index (χ3n) is 4.91. The van der Waals surface area contributed by atoms with Crippen LogP contribution in [0.4, 0.5) is 5.69 Å². The second-order valence-corrected chi connectivity index (χ2v) is 6.96. The lowest BCUT2D eigenvalue weighted by molar-refractivity contribution is -0.117. The van der Waals surface area contributed by atoms with Gasteiger partial charge in [-0.2, -0.15) is 0 Å². The van der Waals surface area contributed by atoms with Crippen LogP contribution in [-0.2, 0) is 4.79 Å². The van der Waals surface area contributed by atoms with Gasteiger partial charge in [0, 0.05) is 37.3 Å². The van der Waals surface area contributed by atoms with Crippen LogP contribution in [0.5, 0.6) is 0 Å². The predicted octanol–water partition coefficient (Wildman–Crippen LogP) is 2.53. The van der Waals surface area contributed by atoms with Crippen LogP contribution >= 0.6 is 0 Å². The molecule has 1 aromatic carbocycles. The fraction of sp³-hybridized carbons (Fsp3) is 0.286. The van der Waals surface area contributed by atoms with E-state index in [1.165, 1.54) is 12.5 Å². The molecule has 0 unspecified atom stereocenters. The number of hydrogen-bond acceptors (Lipinski definition) is 5. The molecule has 2 aromatic heterocycles. The lowest BCUT2D eigenvalue weighted by atomic mass is 10.1. The van der Waals surface area contributed by atoms with Crippen LogP contribution in [0.25, 0.3) is 10.9 Å². The van der Waals surface area contributed by atoms with Crippen molar-refractivity contribution in [3.8, 4) is 0 Å². The van der Waals surface area contributed by atoms with E-state index >= 15 is 0 Å². The average molecular weight is 378 g/mol. The van der Waals surface area contributed by atoms with Crippen LogP contribution < -0.4 is 5.32 Å². The van der Waals surface area contributed by atoms with Gasteiger partial charge < -0.3 is 14.6 Å². The molecule has 0 radical (unpaired) electrons. The first-order valence-corrected chi connectivity index (χ1v) is 9.30. The molecule has 28 heavy (non-hydrogen) atoms. The number of anilines is 1. The number of nitrogens with zero attached hydrogens (tertiary/aromatic N) is 3. The van der Waals surface area contributed by atoms with Gasteiger partial charge in [-0.25, -0.2) is 0 Å². The molecule has 144 valence electrons. The molecule has 2 amide bonds. The fourth-order valence-electron chi connectivity index (χ4n) is 3.48. The number of fused-ring (bicyclic) bond motifs is 1. The van der Waals surface area contributed by atoms with Crippen LogP contribution in [0.3, 0.4) is 0 Å². The summed E-state index contributed by atoms with van der Waals surface area (Å²) in [5, 5.41) is 3.94. The first kappa shape index (κ1) is 18.2. The van der Waals surface area contributed by atoms with E-state index in [-0.39, 0.29) is 11.8 Å². The van der Waals surface area contributed by atoms with Crippen LogP contribution in [0.15, 0.2) is 53.3 Å². The number of pyridine rings is 1. The van der Waals surface area contributed by atoms with Crippen LogP contribution in [0.2, 0.25) is 0 Å². The third-order valence-corrected chi connectivity index (χ3v) is 4.91. The Morgan fingerprint density at radius 1 is 1.14 bits per heavy atom. The molecule has 1 aliphatic rings. The Balaban J connectivity index is 1.35. The van der Waals surface area contributed by atoms with Gasteiger partial charge >= 0.3 is 0 Å². The highest BCUT2D eigenvalue weighted by Gasteiger charge is 2.24. The van der Waals surface area contributed by atoms with Crippen molar-refractivity contribution in [2.45, 2.75) is 6.92 Å². The molecule has 3 aromatic rings. The van der Waals surface area contributed by atoms with Crippen molar-refractivity contribution in [3.63, 3.8) is 0 Å².